The Balaban J connectivity index is 2.63. The molecule has 0 saturated heterocycles. The Hall–Kier alpha value is -1.86. The Morgan fingerprint density at radius 3 is 2.47 bits per heavy atom. The second-order valence-corrected chi connectivity index (χ2v) is 3.35. The minimum atomic E-state index is -4.23. The summed E-state index contributed by atoms with van der Waals surface area (Å²) in [5, 5.41) is 8.56. The molecular weight excluding hydrogens is 239 g/mol. The van der Waals surface area contributed by atoms with E-state index < -0.39 is 18.6 Å². The van der Waals surface area contributed by atoms with Crippen molar-refractivity contribution in [2.45, 2.75) is 12.6 Å². The average Bonchev–Trinajstić information content (AvgIpc) is 2.25. The lowest BCUT2D eigenvalue weighted by atomic mass is 10.4. The lowest BCUT2D eigenvalue weighted by Gasteiger charge is -2.18. The number of aromatic nitrogens is 2. The highest BCUT2D eigenvalue weighted by molar-refractivity contribution is 5.84. The van der Waals surface area contributed by atoms with Crippen molar-refractivity contribution in [2.75, 3.05) is 18.5 Å². The number of halogens is 3. The molecule has 0 aliphatic heterocycles. The van der Waals surface area contributed by atoms with Crippen LogP contribution < -0.4 is 4.90 Å². The molecule has 0 spiro atoms. The molecule has 1 heterocycles. The molecule has 1 N–H and O–H groups in total. The number of aromatic carboxylic acids is 1. The molecule has 0 unspecified atom stereocenters. The molecular formula is C9H10F3N3O2. The van der Waals surface area contributed by atoms with Gasteiger partial charge in [0.05, 0.1) is 18.8 Å². The van der Waals surface area contributed by atoms with E-state index >= 15 is 0 Å². The number of nitrogens with zero attached hydrogens (tertiary/aromatic N) is 3. The fraction of sp³-hybridized carbons (Fsp3) is 0.444. The van der Waals surface area contributed by atoms with E-state index in [2.05, 4.69) is 9.97 Å². The summed E-state index contributed by atoms with van der Waals surface area (Å²) in [7, 11) is 1.43. The van der Waals surface area contributed by atoms with Gasteiger partial charge in [-0.25, -0.2) is 14.8 Å². The molecule has 0 aliphatic rings. The number of carboxylic acid groups (broad SMARTS) is 1. The number of anilines is 1. The summed E-state index contributed by atoms with van der Waals surface area (Å²) in [4.78, 5) is 19.0. The summed E-state index contributed by atoms with van der Waals surface area (Å²) in [6.07, 6.45) is -3.07. The highest BCUT2D eigenvalue weighted by Gasteiger charge is 2.27. The van der Waals surface area contributed by atoms with Crippen molar-refractivity contribution >= 4 is 11.8 Å². The zero-order valence-electron chi connectivity index (χ0n) is 8.90. The summed E-state index contributed by atoms with van der Waals surface area (Å²) >= 11 is 0. The number of alkyl halides is 3. The number of carboxylic acids is 1. The van der Waals surface area contributed by atoms with Gasteiger partial charge in [0.15, 0.2) is 5.69 Å². The van der Waals surface area contributed by atoms with Crippen molar-refractivity contribution in [1.29, 1.82) is 0 Å². The van der Waals surface area contributed by atoms with Gasteiger partial charge in [-0.15, -0.1) is 0 Å². The van der Waals surface area contributed by atoms with Crippen LogP contribution in [0.2, 0.25) is 0 Å². The molecule has 0 amide bonds. The van der Waals surface area contributed by atoms with Crippen LogP contribution in [0.3, 0.4) is 0 Å². The molecule has 94 valence electrons. The predicted octanol–water partition coefficient (Wildman–Crippen LogP) is 1.56. The third-order valence-electron chi connectivity index (χ3n) is 1.98. The molecule has 1 rings (SSSR count). The second-order valence-electron chi connectivity index (χ2n) is 3.35. The van der Waals surface area contributed by atoms with Gasteiger partial charge in [0, 0.05) is 13.6 Å². The maximum atomic E-state index is 12.0. The first kappa shape index (κ1) is 13.2. The van der Waals surface area contributed by atoms with Gasteiger partial charge in [0.2, 0.25) is 0 Å². The summed E-state index contributed by atoms with van der Waals surface area (Å²) in [6.45, 7) is -0.259. The molecule has 0 bridgehead atoms. The van der Waals surface area contributed by atoms with Gasteiger partial charge in [-0.05, 0) is 0 Å². The van der Waals surface area contributed by atoms with Crippen LogP contribution in [0.15, 0.2) is 12.4 Å². The number of carbonyl (C=O) groups is 1. The molecule has 8 heteroatoms. The highest BCUT2D eigenvalue weighted by Crippen LogP contribution is 2.20. The van der Waals surface area contributed by atoms with Gasteiger partial charge < -0.3 is 10.0 Å². The summed E-state index contributed by atoms with van der Waals surface area (Å²) in [5.74, 6) is -1.04. The first-order chi connectivity index (χ1) is 7.79. The number of hydrogen-bond donors (Lipinski definition) is 1. The smallest absolute Gasteiger partial charge is 0.390 e. The first-order valence-corrected chi connectivity index (χ1v) is 4.63. The Morgan fingerprint density at radius 1 is 1.41 bits per heavy atom. The minimum absolute atomic E-state index is 0.194. The van der Waals surface area contributed by atoms with Crippen molar-refractivity contribution in [1.82, 2.24) is 9.97 Å². The molecule has 5 nitrogen and oxygen atoms in total. The van der Waals surface area contributed by atoms with E-state index in [0.717, 1.165) is 12.4 Å². The monoisotopic (exact) mass is 249 g/mol. The number of hydrogen-bond acceptors (Lipinski definition) is 4. The first-order valence-electron chi connectivity index (χ1n) is 4.63. The normalized spacial score (nSPS) is 11.3. The van der Waals surface area contributed by atoms with Crippen LogP contribution in [0.4, 0.5) is 19.0 Å². The Bertz CT molecular complexity index is 391. The third kappa shape index (κ3) is 4.25. The van der Waals surface area contributed by atoms with Gasteiger partial charge in [0.1, 0.15) is 5.82 Å². The van der Waals surface area contributed by atoms with Crippen molar-refractivity contribution in [2.24, 2.45) is 0 Å². The van der Waals surface area contributed by atoms with Crippen LogP contribution in [0.25, 0.3) is 0 Å². The fourth-order valence-electron chi connectivity index (χ4n) is 1.04. The molecule has 1 aromatic rings. The Kier molecular flexibility index (Phi) is 3.87. The topological polar surface area (TPSA) is 66.3 Å². The molecule has 0 atom stereocenters. The molecule has 17 heavy (non-hydrogen) atoms. The lowest BCUT2D eigenvalue weighted by Crippen LogP contribution is -2.25. The van der Waals surface area contributed by atoms with Gasteiger partial charge in [-0.2, -0.15) is 13.2 Å². The Labute approximate surface area is 94.9 Å². The van der Waals surface area contributed by atoms with Crippen LogP contribution in [0.1, 0.15) is 16.9 Å². The van der Waals surface area contributed by atoms with Crippen molar-refractivity contribution in [3.8, 4) is 0 Å². The van der Waals surface area contributed by atoms with E-state index in [9.17, 15) is 18.0 Å². The van der Waals surface area contributed by atoms with E-state index in [1.807, 2.05) is 0 Å². The molecule has 0 fully saturated rings. The summed E-state index contributed by atoms with van der Waals surface area (Å²) in [6, 6.07) is 0. The number of rotatable bonds is 4. The van der Waals surface area contributed by atoms with E-state index in [1.54, 1.807) is 0 Å². The molecule has 0 radical (unpaired) electrons. The maximum absolute atomic E-state index is 12.0. The van der Waals surface area contributed by atoms with Crippen LogP contribution in [0, 0.1) is 0 Å². The van der Waals surface area contributed by atoms with Gasteiger partial charge >= 0.3 is 12.1 Å². The van der Waals surface area contributed by atoms with Crippen molar-refractivity contribution in [3.63, 3.8) is 0 Å². The molecule has 0 saturated carbocycles. The quantitative estimate of drug-likeness (QED) is 0.877. The third-order valence-corrected chi connectivity index (χ3v) is 1.98. The van der Waals surface area contributed by atoms with E-state index in [-0.39, 0.29) is 18.1 Å². The van der Waals surface area contributed by atoms with Crippen LogP contribution in [0.5, 0.6) is 0 Å². The van der Waals surface area contributed by atoms with E-state index in [4.69, 9.17) is 5.11 Å². The van der Waals surface area contributed by atoms with Gasteiger partial charge in [0.25, 0.3) is 0 Å². The summed E-state index contributed by atoms with van der Waals surface area (Å²) in [5.41, 5.74) is -0.252. The van der Waals surface area contributed by atoms with Crippen LogP contribution in [-0.4, -0.2) is 40.8 Å². The minimum Gasteiger partial charge on any atom is -0.476 e. The van der Waals surface area contributed by atoms with Crippen molar-refractivity contribution in [3.05, 3.63) is 18.1 Å². The second kappa shape index (κ2) is 4.98. The van der Waals surface area contributed by atoms with E-state index in [0.29, 0.717) is 0 Å². The Morgan fingerprint density at radius 2 is 2.06 bits per heavy atom. The van der Waals surface area contributed by atoms with E-state index in [1.165, 1.54) is 11.9 Å². The van der Waals surface area contributed by atoms with Gasteiger partial charge in [-0.1, -0.05) is 0 Å². The standard InChI is InChI=1S/C9H10F3N3O2/c1-15(3-2-9(10,11)12)7-5-13-6(4-14-7)8(16)17/h4-5H,2-3H2,1H3,(H,16,17). The lowest BCUT2D eigenvalue weighted by molar-refractivity contribution is -0.132. The zero-order valence-corrected chi connectivity index (χ0v) is 8.90. The highest BCUT2D eigenvalue weighted by atomic mass is 19.4. The largest absolute Gasteiger partial charge is 0.476 e. The SMILES string of the molecule is CN(CCC(F)(F)F)c1cnc(C(=O)O)cn1. The van der Waals surface area contributed by atoms with Gasteiger partial charge in [-0.3, -0.25) is 0 Å². The summed E-state index contributed by atoms with van der Waals surface area (Å²) < 4.78 is 35.9. The fourth-order valence-corrected chi connectivity index (χ4v) is 1.04. The molecule has 0 aromatic carbocycles. The zero-order chi connectivity index (χ0) is 13.1. The average molecular weight is 249 g/mol. The molecule has 1 aromatic heterocycles. The van der Waals surface area contributed by atoms with Crippen molar-refractivity contribution < 1.29 is 23.1 Å². The predicted molar refractivity (Wildman–Crippen MR) is 52.9 cm³/mol. The maximum Gasteiger partial charge on any atom is 0.390 e. The van der Waals surface area contributed by atoms with Crippen LogP contribution in [-0.2, 0) is 0 Å². The van der Waals surface area contributed by atoms with Crippen LogP contribution >= 0.6 is 0 Å². The molecule has 0 aliphatic carbocycles.